The Morgan fingerprint density at radius 3 is 2.33 bits per heavy atom. The van der Waals surface area contributed by atoms with Crippen LogP contribution in [0.25, 0.3) is 0 Å². The van der Waals surface area contributed by atoms with E-state index in [1.165, 1.54) is 5.56 Å². The highest BCUT2D eigenvalue weighted by Crippen LogP contribution is 2.52. The fraction of sp³-hybridized carbons (Fsp3) is 0.556. The molecule has 0 aromatic heterocycles. The molecule has 0 radical (unpaired) electrons. The van der Waals surface area contributed by atoms with Crippen LogP contribution in [0.1, 0.15) is 56.1 Å². The van der Waals surface area contributed by atoms with Gasteiger partial charge in [0.05, 0.1) is 5.92 Å². The van der Waals surface area contributed by atoms with Crippen molar-refractivity contribution in [2.24, 2.45) is 11.3 Å². The number of carbonyl (C=O) groups is 2. The molecular weight excluding hydrogens is 262 g/mol. The molecule has 1 heterocycles. The van der Waals surface area contributed by atoms with Gasteiger partial charge in [-0.2, -0.15) is 0 Å². The Hall–Kier alpha value is -1.64. The van der Waals surface area contributed by atoms with Gasteiger partial charge in [-0.3, -0.25) is 14.9 Å². The molecule has 2 amide bonds. The number of nitrogens with one attached hydrogen (secondary N) is 1. The van der Waals surface area contributed by atoms with Crippen LogP contribution >= 0.6 is 0 Å². The number of aryl methyl sites for hydroxylation is 1. The van der Waals surface area contributed by atoms with Crippen LogP contribution in [0.3, 0.4) is 0 Å². The standard InChI is InChI=1S/C18H23NO2/c1-12-3-5-14(6-4-12)16-17(21)19-15(20)11-18(16)9-7-13(2)8-10-18/h3-6,13,16H,7-11H2,1-2H3,(H,19,20,21). The molecule has 1 saturated heterocycles. The van der Waals surface area contributed by atoms with Crippen molar-refractivity contribution in [2.45, 2.75) is 51.9 Å². The first kappa shape index (κ1) is 14.3. The minimum Gasteiger partial charge on any atom is -0.296 e. The molecule has 3 rings (SSSR count). The maximum absolute atomic E-state index is 12.5. The van der Waals surface area contributed by atoms with E-state index in [2.05, 4.69) is 36.5 Å². The van der Waals surface area contributed by atoms with E-state index >= 15 is 0 Å². The van der Waals surface area contributed by atoms with Crippen LogP contribution in [0.4, 0.5) is 0 Å². The molecule has 1 unspecified atom stereocenters. The molecule has 0 bridgehead atoms. The van der Waals surface area contributed by atoms with Crippen molar-refractivity contribution < 1.29 is 9.59 Å². The van der Waals surface area contributed by atoms with Gasteiger partial charge >= 0.3 is 0 Å². The molecule has 1 saturated carbocycles. The molecule has 3 nitrogen and oxygen atoms in total. The van der Waals surface area contributed by atoms with Crippen LogP contribution in [0.5, 0.6) is 0 Å². The van der Waals surface area contributed by atoms with Gasteiger partial charge in [-0.1, -0.05) is 49.6 Å². The van der Waals surface area contributed by atoms with Gasteiger partial charge in [0, 0.05) is 6.42 Å². The summed E-state index contributed by atoms with van der Waals surface area (Å²) in [5, 5.41) is 2.55. The van der Waals surface area contributed by atoms with E-state index in [0.29, 0.717) is 12.3 Å². The quantitative estimate of drug-likeness (QED) is 0.805. The van der Waals surface area contributed by atoms with Gasteiger partial charge < -0.3 is 0 Å². The third kappa shape index (κ3) is 2.61. The number of carbonyl (C=O) groups excluding carboxylic acids is 2. The highest BCUT2D eigenvalue weighted by atomic mass is 16.2. The molecule has 1 aliphatic heterocycles. The molecule has 1 spiro atoms. The molecule has 21 heavy (non-hydrogen) atoms. The summed E-state index contributed by atoms with van der Waals surface area (Å²) in [6, 6.07) is 8.21. The zero-order valence-corrected chi connectivity index (χ0v) is 12.8. The Labute approximate surface area is 126 Å². The second-order valence-electron chi connectivity index (χ2n) is 6.98. The van der Waals surface area contributed by atoms with Crippen LogP contribution in [-0.4, -0.2) is 11.8 Å². The van der Waals surface area contributed by atoms with Crippen molar-refractivity contribution in [1.29, 1.82) is 0 Å². The summed E-state index contributed by atoms with van der Waals surface area (Å²) < 4.78 is 0. The maximum Gasteiger partial charge on any atom is 0.234 e. The molecule has 1 aromatic rings. The van der Waals surface area contributed by atoms with Crippen LogP contribution in [0, 0.1) is 18.3 Å². The number of amides is 2. The van der Waals surface area contributed by atoms with Crippen molar-refractivity contribution in [3.8, 4) is 0 Å². The van der Waals surface area contributed by atoms with Crippen molar-refractivity contribution in [1.82, 2.24) is 5.32 Å². The fourth-order valence-corrected chi connectivity index (χ4v) is 4.02. The van der Waals surface area contributed by atoms with Gasteiger partial charge in [-0.25, -0.2) is 0 Å². The first-order valence-electron chi connectivity index (χ1n) is 7.90. The molecule has 1 aromatic carbocycles. The minimum atomic E-state index is -0.178. The second-order valence-corrected chi connectivity index (χ2v) is 6.98. The highest BCUT2D eigenvalue weighted by Gasteiger charge is 2.50. The summed E-state index contributed by atoms with van der Waals surface area (Å²) in [5.74, 6) is 0.320. The van der Waals surface area contributed by atoms with Crippen LogP contribution in [0.2, 0.25) is 0 Å². The van der Waals surface area contributed by atoms with E-state index in [0.717, 1.165) is 31.2 Å². The van der Waals surface area contributed by atoms with E-state index in [1.807, 2.05) is 6.92 Å². The van der Waals surface area contributed by atoms with Crippen molar-refractivity contribution >= 4 is 11.8 Å². The topological polar surface area (TPSA) is 46.2 Å². The smallest absolute Gasteiger partial charge is 0.234 e. The molecule has 3 heteroatoms. The SMILES string of the molecule is Cc1ccc(C2C(=O)NC(=O)CC23CCC(C)CC3)cc1. The molecule has 1 atom stereocenters. The zero-order valence-electron chi connectivity index (χ0n) is 12.8. The summed E-state index contributed by atoms with van der Waals surface area (Å²) in [6.07, 6.45) is 4.67. The summed E-state index contributed by atoms with van der Waals surface area (Å²) in [6.45, 7) is 4.31. The lowest BCUT2D eigenvalue weighted by Crippen LogP contribution is -2.51. The lowest BCUT2D eigenvalue weighted by molar-refractivity contribution is -0.141. The average molecular weight is 285 g/mol. The van der Waals surface area contributed by atoms with Crippen LogP contribution in [-0.2, 0) is 9.59 Å². The number of rotatable bonds is 1. The number of piperidine rings is 1. The van der Waals surface area contributed by atoms with Crippen LogP contribution < -0.4 is 5.32 Å². The first-order valence-corrected chi connectivity index (χ1v) is 7.90. The summed E-state index contributed by atoms with van der Waals surface area (Å²) in [7, 11) is 0. The summed E-state index contributed by atoms with van der Waals surface area (Å²) in [5.41, 5.74) is 2.08. The zero-order chi connectivity index (χ0) is 15.0. The van der Waals surface area contributed by atoms with Crippen molar-refractivity contribution in [3.63, 3.8) is 0 Å². The predicted octanol–water partition coefficient (Wildman–Crippen LogP) is 3.32. The van der Waals surface area contributed by atoms with E-state index in [1.54, 1.807) is 0 Å². The van der Waals surface area contributed by atoms with Gasteiger partial charge in [-0.15, -0.1) is 0 Å². The van der Waals surface area contributed by atoms with Gasteiger partial charge in [0.15, 0.2) is 0 Å². The maximum atomic E-state index is 12.5. The largest absolute Gasteiger partial charge is 0.296 e. The lowest BCUT2D eigenvalue weighted by Gasteiger charge is -2.46. The minimum absolute atomic E-state index is 0.0992. The number of imide groups is 1. The Bertz CT molecular complexity index is 553. The van der Waals surface area contributed by atoms with Crippen molar-refractivity contribution in [2.75, 3.05) is 0 Å². The summed E-state index contributed by atoms with van der Waals surface area (Å²) in [4.78, 5) is 24.4. The van der Waals surface area contributed by atoms with Gasteiger partial charge in [0.2, 0.25) is 11.8 Å². The monoisotopic (exact) mass is 285 g/mol. The van der Waals surface area contributed by atoms with Crippen LogP contribution in [0.15, 0.2) is 24.3 Å². The normalized spacial score (nSPS) is 33.0. The Morgan fingerprint density at radius 1 is 1.10 bits per heavy atom. The number of benzene rings is 1. The number of hydrogen-bond donors (Lipinski definition) is 1. The fourth-order valence-electron chi connectivity index (χ4n) is 4.02. The Morgan fingerprint density at radius 2 is 1.71 bits per heavy atom. The predicted molar refractivity (Wildman–Crippen MR) is 81.8 cm³/mol. The second kappa shape index (κ2) is 5.28. The molecule has 2 fully saturated rings. The van der Waals surface area contributed by atoms with E-state index in [4.69, 9.17) is 0 Å². The van der Waals surface area contributed by atoms with E-state index in [9.17, 15) is 9.59 Å². The molecule has 2 aliphatic rings. The highest BCUT2D eigenvalue weighted by molar-refractivity contribution is 6.02. The Kier molecular flexibility index (Phi) is 3.60. The van der Waals surface area contributed by atoms with Crippen molar-refractivity contribution in [3.05, 3.63) is 35.4 Å². The third-order valence-electron chi connectivity index (χ3n) is 5.33. The molecule has 112 valence electrons. The first-order chi connectivity index (χ1) is 10.00. The van der Waals surface area contributed by atoms with Gasteiger partial charge in [0.1, 0.15) is 0 Å². The van der Waals surface area contributed by atoms with Gasteiger partial charge in [0.25, 0.3) is 0 Å². The van der Waals surface area contributed by atoms with E-state index in [-0.39, 0.29) is 23.1 Å². The third-order valence-corrected chi connectivity index (χ3v) is 5.33. The summed E-state index contributed by atoms with van der Waals surface area (Å²) >= 11 is 0. The lowest BCUT2D eigenvalue weighted by atomic mass is 9.59. The molecular formula is C18H23NO2. The molecule has 1 N–H and O–H groups in total. The average Bonchev–Trinajstić information content (AvgIpc) is 2.44. The van der Waals surface area contributed by atoms with E-state index < -0.39 is 0 Å². The Balaban J connectivity index is 1.99. The molecule has 1 aliphatic carbocycles. The van der Waals surface area contributed by atoms with Gasteiger partial charge in [-0.05, 0) is 36.7 Å². The number of hydrogen-bond acceptors (Lipinski definition) is 2.